The van der Waals surface area contributed by atoms with E-state index in [1.807, 2.05) is 30.2 Å². The Labute approximate surface area is 95.1 Å². The molecule has 0 saturated heterocycles. The van der Waals surface area contributed by atoms with Gasteiger partial charge in [-0.25, -0.2) is 4.39 Å². The van der Waals surface area contributed by atoms with Gasteiger partial charge in [-0.15, -0.1) is 0 Å². The van der Waals surface area contributed by atoms with Gasteiger partial charge in [0.05, 0.1) is 5.83 Å². The van der Waals surface area contributed by atoms with Crippen LogP contribution in [0.5, 0.6) is 0 Å². The molecule has 1 aliphatic rings. The molecule has 4 heteroatoms. The van der Waals surface area contributed by atoms with Gasteiger partial charge in [0.15, 0.2) is 5.88 Å². The molecule has 0 saturated carbocycles. The highest BCUT2D eigenvalue weighted by Gasteiger charge is 2.26. The summed E-state index contributed by atoms with van der Waals surface area (Å²) in [5.74, 6) is 0.128. The van der Waals surface area contributed by atoms with Crippen LogP contribution in [0.2, 0.25) is 0 Å². The second kappa shape index (κ2) is 4.84. The average Bonchev–Trinajstić information content (AvgIpc) is 2.20. The zero-order chi connectivity index (χ0) is 12.2. The molecule has 0 spiro atoms. The van der Waals surface area contributed by atoms with Gasteiger partial charge in [0.1, 0.15) is 6.07 Å². The Morgan fingerprint density at radius 3 is 2.94 bits per heavy atom. The Morgan fingerprint density at radius 2 is 2.44 bits per heavy atom. The maximum Gasteiger partial charge on any atom is 0.214 e. The van der Waals surface area contributed by atoms with Crippen LogP contribution in [0.15, 0.2) is 36.0 Å². The molecule has 0 unspecified atom stereocenters. The molecule has 0 radical (unpaired) electrons. The Hall–Kier alpha value is -1.76. The summed E-state index contributed by atoms with van der Waals surface area (Å²) in [4.78, 5) is 1.84. The van der Waals surface area contributed by atoms with Crippen molar-refractivity contribution in [2.45, 2.75) is 19.4 Å². The third-order valence-electron chi connectivity index (χ3n) is 2.14. The van der Waals surface area contributed by atoms with Gasteiger partial charge in [0, 0.05) is 19.7 Å². The molecule has 16 heavy (non-hydrogen) atoms. The molecule has 0 aromatic carbocycles. The molecular formula is C12H15FN2O. The van der Waals surface area contributed by atoms with Gasteiger partial charge < -0.3 is 9.64 Å². The summed E-state index contributed by atoms with van der Waals surface area (Å²) < 4.78 is 18.3. The van der Waals surface area contributed by atoms with Gasteiger partial charge in [-0.2, -0.15) is 5.26 Å². The number of rotatable bonds is 3. The molecule has 1 aliphatic heterocycles. The van der Waals surface area contributed by atoms with Gasteiger partial charge in [-0.1, -0.05) is 12.2 Å². The predicted molar refractivity (Wildman–Crippen MR) is 59.8 cm³/mol. The number of halogens is 1. The fourth-order valence-electron chi connectivity index (χ4n) is 1.38. The van der Waals surface area contributed by atoms with E-state index in [1.54, 1.807) is 6.08 Å². The number of likely N-dealkylation sites (N-methyl/N-ethyl adjacent to an activating group) is 1. The van der Waals surface area contributed by atoms with E-state index in [9.17, 15) is 4.39 Å². The first-order chi connectivity index (χ1) is 7.47. The Morgan fingerprint density at radius 1 is 1.75 bits per heavy atom. The lowest BCUT2D eigenvalue weighted by molar-refractivity contribution is 0.0549. The third kappa shape index (κ3) is 3.13. The topological polar surface area (TPSA) is 36.3 Å². The van der Waals surface area contributed by atoms with Crippen molar-refractivity contribution in [1.29, 1.82) is 5.26 Å². The van der Waals surface area contributed by atoms with Crippen molar-refractivity contribution < 1.29 is 9.13 Å². The minimum Gasteiger partial charge on any atom is -0.454 e. The molecule has 0 aromatic rings. The van der Waals surface area contributed by atoms with Crippen LogP contribution in [0.25, 0.3) is 0 Å². The van der Waals surface area contributed by atoms with Gasteiger partial charge in [-0.3, -0.25) is 0 Å². The molecule has 3 nitrogen and oxygen atoms in total. The summed E-state index contributed by atoms with van der Waals surface area (Å²) in [7, 11) is 1.85. The SMILES string of the molecule is C/C(F)=C\[C@](C)(C#N)OC1=CC=CCN1C. The molecule has 0 amide bonds. The van der Waals surface area contributed by atoms with Gasteiger partial charge >= 0.3 is 0 Å². The normalized spacial score (nSPS) is 19.8. The lowest BCUT2D eigenvalue weighted by atomic mass is 10.1. The van der Waals surface area contributed by atoms with Crippen LogP contribution in [-0.2, 0) is 4.74 Å². The zero-order valence-corrected chi connectivity index (χ0v) is 9.70. The number of allylic oxidation sites excluding steroid dienone is 3. The van der Waals surface area contributed by atoms with Crippen LogP contribution >= 0.6 is 0 Å². The van der Waals surface area contributed by atoms with Crippen LogP contribution in [0.1, 0.15) is 13.8 Å². The number of ether oxygens (including phenoxy) is 1. The predicted octanol–water partition coefficient (Wildman–Crippen LogP) is 2.50. The Bertz CT molecular complexity index is 388. The highest BCUT2D eigenvalue weighted by atomic mass is 19.1. The quantitative estimate of drug-likeness (QED) is 0.736. The van der Waals surface area contributed by atoms with Crippen LogP contribution in [0.3, 0.4) is 0 Å². The largest absolute Gasteiger partial charge is 0.454 e. The fourth-order valence-corrected chi connectivity index (χ4v) is 1.38. The first kappa shape index (κ1) is 12.3. The maximum atomic E-state index is 12.8. The van der Waals surface area contributed by atoms with Crippen molar-refractivity contribution in [1.82, 2.24) is 4.90 Å². The molecule has 86 valence electrons. The lowest BCUT2D eigenvalue weighted by Crippen LogP contribution is -2.31. The maximum absolute atomic E-state index is 12.8. The third-order valence-corrected chi connectivity index (χ3v) is 2.14. The number of hydrogen-bond donors (Lipinski definition) is 0. The van der Waals surface area contributed by atoms with Crippen molar-refractivity contribution in [3.05, 3.63) is 36.0 Å². The molecule has 1 atom stereocenters. The number of nitrogens with zero attached hydrogens (tertiary/aromatic N) is 2. The van der Waals surface area contributed by atoms with Crippen molar-refractivity contribution in [2.24, 2.45) is 0 Å². The van der Waals surface area contributed by atoms with E-state index in [2.05, 4.69) is 0 Å². The summed E-state index contributed by atoms with van der Waals surface area (Å²) >= 11 is 0. The summed E-state index contributed by atoms with van der Waals surface area (Å²) in [5, 5.41) is 9.00. The van der Waals surface area contributed by atoms with Gasteiger partial charge in [-0.05, 0) is 19.9 Å². The van der Waals surface area contributed by atoms with E-state index in [-0.39, 0.29) is 0 Å². The second-order valence-electron chi connectivity index (χ2n) is 3.87. The molecule has 0 aliphatic carbocycles. The van der Waals surface area contributed by atoms with Crippen LogP contribution in [0.4, 0.5) is 4.39 Å². The van der Waals surface area contributed by atoms with E-state index in [0.717, 1.165) is 0 Å². The average molecular weight is 222 g/mol. The Kier molecular flexibility index (Phi) is 3.73. The van der Waals surface area contributed by atoms with Crippen molar-refractivity contribution in [2.75, 3.05) is 13.6 Å². The summed E-state index contributed by atoms with van der Waals surface area (Å²) in [6.45, 7) is 3.53. The van der Waals surface area contributed by atoms with E-state index in [1.165, 1.54) is 19.9 Å². The van der Waals surface area contributed by atoms with E-state index in [4.69, 9.17) is 10.00 Å². The minimum atomic E-state index is -1.27. The van der Waals surface area contributed by atoms with Crippen LogP contribution in [-0.4, -0.2) is 24.1 Å². The van der Waals surface area contributed by atoms with E-state index >= 15 is 0 Å². The summed E-state index contributed by atoms with van der Waals surface area (Å²) in [5.41, 5.74) is -1.27. The molecule has 0 aromatic heterocycles. The zero-order valence-electron chi connectivity index (χ0n) is 9.70. The van der Waals surface area contributed by atoms with Gasteiger partial charge in [0.2, 0.25) is 5.60 Å². The highest BCUT2D eigenvalue weighted by molar-refractivity contribution is 5.20. The van der Waals surface area contributed by atoms with E-state index in [0.29, 0.717) is 12.4 Å². The summed E-state index contributed by atoms with van der Waals surface area (Å²) in [6.07, 6.45) is 6.73. The monoisotopic (exact) mass is 222 g/mol. The number of hydrogen-bond acceptors (Lipinski definition) is 3. The molecule has 1 heterocycles. The lowest BCUT2D eigenvalue weighted by Gasteiger charge is -2.29. The molecule has 0 bridgehead atoms. The second-order valence-corrected chi connectivity index (χ2v) is 3.87. The van der Waals surface area contributed by atoms with Crippen molar-refractivity contribution in [3.63, 3.8) is 0 Å². The van der Waals surface area contributed by atoms with Crippen molar-refractivity contribution >= 4 is 0 Å². The molecule has 1 rings (SSSR count). The van der Waals surface area contributed by atoms with Crippen LogP contribution < -0.4 is 0 Å². The fraction of sp³-hybridized carbons (Fsp3) is 0.417. The summed E-state index contributed by atoms with van der Waals surface area (Å²) in [6, 6.07) is 1.95. The first-order valence-electron chi connectivity index (χ1n) is 5.00. The smallest absolute Gasteiger partial charge is 0.214 e. The van der Waals surface area contributed by atoms with Gasteiger partial charge in [0.25, 0.3) is 0 Å². The Balaban J connectivity index is 2.86. The van der Waals surface area contributed by atoms with E-state index < -0.39 is 11.4 Å². The highest BCUT2D eigenvalue weighted by Crippen LogP contribution is 2.21. The first-order valence-corrected chi connectivity index (χ1v) is 5.00. The number of nitriles is 1. The van der Waals surface area contributed by atoms with Crippen LogP contribution in [0, 0.1) is 11.3 Å². The molecule has 0 N–H and O–H groups in total. The standard InChI is InChI=1S/C12H15FN2O/c1-10(13)8-12(2,9-14)16-11-6-4-5-7-15(11)3/h4-6,8H,7H2,1-3H3/b10-8+/t12-/m1/s1. The molecule has 0 fully saturated rings. The van der Waals surface area contributed by atoms with Crippen molar-refractivity contribution in [3.8, 4) is 6.07 Å². The molecular weight excluding hydrogens is 207 g/mol. The minimum absolute atomic E-state index is 0.432.